The van der Waals surface area contributed by atoms with Crippen LogP contribution in [0.25, 0.3) is 0 Å². The molecule has 0 aliphatic heterocycles. The first-order valence-electron chi connectivity index (χ1n) is 6.66. The monoisotopic (exact) mass is 233 g/mol. The Bertz CT molecular complexity index is 344. The van der Waals surface area contributed by atoms with Crippen molar-refractivity contribution in [1.82, 2.24) is 0 Å². The zero-order valence-electron chi connectivity index (χ0n) is 11.1. The van der Waals surface area contributed by atoms with E-state index in [4.69, 9.17) is 4.74 Å². The van der Waals surface area contributed by atoms with Gasteiger partial charge < -0.3 is 10.1 Å². The lowest BCUT2D eigenvalue weighted by molar-refractivity contribution is 0.242. The van der Waals surface area contributed by atoms with E-state index in [-0.39, 0.29) is 6.10 Å². The van der Waals surface area contributed by atoms with Gasteiger partial charge in [0.15, 0.2) is 0 Å². The Labute approximate surface area is 104 Å². The van der Waals surface area contributed by atoms with Crippen LogP contribution in [0.1, 0.15) is 40.0 Å². The van der Waals surface area contributed by atoms with E-state index in [1.165, 1.54) is 24.9 Å². The fourth-order valence-corrected chi connectivity index (χ4v) is 2.48. The molecule has 0 spiro atoms. The van der Waals surface area contributed by atoms with Crippen molar-refractivity contribution in [3.8, 4) is 5.75 Å². The van der Waals surface area contributed by atoms with Crippen LogP contribution < -0.4 is 10.1 Å². The van der Waals surface area contributed by atoms with Crippen LogP contribution in [0, 0.1) is 5.92 Å². The van der Waals surface area contributed by atoms with Gasteiger partial charge in [-0.25, -0.2) is 0 Å². The maximum atomic E-state index is 5.63. The minimum absolute atomic E-state index is 0.240. The Balaban J connectivity index is 1.89. The highest BCUT2D eigenvalue weighted by Gasteiger charge is 2.20. The van der Waals surface area contributed by atoms with Gasteiger partial charge in [-0.15, -0.1) is 0 Å². The lowest BCUT2D eigenvalue weighted by atomic mass is 10.1. The second-order valence-corrected chi connectivity index (χ2v) is 5.45. The van der Waals surface area contributed by atoms with Crippen molar-refractivity contribution >= 4 is 5.69 Å². The summed E-state index contributed by atoms with van der Waals surface area (Å²) in [4.78, 5) is 0. The molecule has 0 amide bonds. The molecule has 1 aliphatic carbocycles. The normalized spacial score (nSPS) is 24.0. The zero-order chi connectivity index (χ0) is 12.3. The molecule has 1 aromatic rings. The molecule has 1 aromatic carbocycles. The number of hydrogen-bond acceptors (Lipinski definition) is 2. The largest absolute Gasteiger partial charge is 0.491 e. The number of hydrogen-bond donors (Lipinski definition) is 1. The number of anilines is 1. The zero-order valence-corrected chi connectivity index (χ0v) is 11.1. The van der Waals surface area contributed by atoms with E-state index in [1.807, 2.05) is 26.0 Å². The van der Waals surface area contributed by atoms with Crippen LogP contribution in [0.4, 0.5) is 5.69 Å². The number of rotatable bonds is 4. The average Bonchev–Trinajstić information content (AvgIpc) is 2.66. The molecule has 2 nitrogen and oxygen atoms in total. The van der Waals surface area contributed by atoms with Gasteiger partial charge in [-0.2, -0.15) is 0 Å². The average molecular weight is 233 g/mol. The summed E-state index contributed by atoms with van der Waals surface area (Å²) in [6.45, 7) is 6.43. The quantitative estimate of drug-likeness (QED) is 0.846. The molecule has 0 saturated heterocycles. The van der Waals surface area contributed by atoms with E-state index in [2.05, 4.69) is 24.4 Å². The topological polar surface area (TPSA) is 21.3 Å². The molecule has 2 heteroatoms. The van der Waals surface area contributed by atoms with Gasteiger partial charge in [0.2, 0.25) is 0 Å². The third-order valence-electron chi connectivity index (χ3n) is 3.29. The maximum Gasteiger partial charge on any atom is 0.119 e. The predicted octanol–water partition coefficient (Wildman–Crippen LogP) is 4.07. The van der Waals surface area contributed by atoms with Crippen LogP contribution in [0.15, 0.2) is 24.3 Å². The summed E-state index contributed by atoms with van der Waals surface area (Å²) >= 11 is 0. The highest BCUT2D eigenvalue weighted by Crippen LogP contribution is 2.28. The van der Waals surface area contributed by atoms with Gasteiger partial charge >= 0.3 is 0 Å². The Morgan fingerprint density at radius 3 is 2.41 bits per heavy atom. The third-order valence-corrected chi connectivity index (χ3v) is 3.29. The Kier molecular flexibility index (Phi) is 3.93. The summed E-state index contributed by atoms with van der Waals surface area (Å²) in [7, 11) is 0. The van der Waals surface area contributed by atoms with E-state index >= 15 is 0 Å². The van der Waals surface area contributed by atoms with Crippen molar-refractivity contribution in [2.24, 2.45) is 5.92 Å². The third kappa shape index (κ3) is 3.65. The van der Waals surface area contributed by atoms with Crippen LogP contribution in [0.2, 0.25) is 0 Å². The summed E-state index contributed by atoms with van der Waals surface area (Å²) in [5, 5.41) is 3.60. The summed E-state index contributed by atoms with van der Waals surface area (Å²) in [6.07, 6.45) is 4.19. The van der Waals surface area contributed by atoms with E-state index in [0.29, 0.717) is 6.04 Å². The van der Waals surface area contributed by atoms with Crippen LogP contribution in [0.3, 0.4) is 0 Å². The molecule has 2 unspecified atom stereocenters. The predicted molar refractivity (Wildman–Crippen MR) is 72.6 cm³/mol. The number of benzene rings is 1. The van der Waals surface area contributed by atoms with Gasteiger partial charge in [-0.3, -0.25) is 0 Å². The fourth-order valence-electron chi connectivity index (χ4n) is 2.48. The lowest BCUT2D eigenvalue weighted by Crippen LogP contribution is -2.15. The molecule has 0 radical (unpaired) electrons. The molecule has 2 atom stereocenters. The van der Waals surface area contributed by atoms with Gasteiger partial charge in [0, 0.05) is 11.7 Å². The minimum Gasteiger partial charge on any atom is -0.491 e. The second kappa shape index (κ2) is 5.44. The van der Waals surface area contributed by atoms with E-state index in [1.54, 1.807) is 0 Å². The Hall–Kier alpha value is -1.18. The lowest BCUT2D eigenvalue weighted by Gasteiger charge is -2.15. The fraction of sp³-hybridized carbons (Fsp3) is 0.600. The minimum atomic E-state index is 0.240. The van der Waals surface area contributed by atoms with E-state index < -0.39 is 0 Å². The summed E-state index contributed by atoms with van der Waals surface area (Å²) in [5.74, 6) is 1.82. The molecule has 0 heterocycles. The smallest absolute Gasteiger partial charge is 0.119 e. The van der Waals surface area contributed by atoms with Crippen molar-refractivity contribution < 1.29 is 4.74 Å². The molecule has 94 valence electrons. The van der Waals surface area contributed by atoms with E-state index in [0.717, 1.165) is 11.7 Å². The van der Waals surface area contributed by atoms with Crippen molar-refractivity contribution in [3.63, 3.8) is 0 Å². The summed E-state index contributed by atoms with van der Waals surface area (Å²) in [5.41, 5.74) is 1.21. The highest BCUT2D eigenvalue weighted by molar-refractivity contribution is 5.47. The van der Waals surface area contributed by atoms with Gasteiger partial charge in [0.05, 0.1) is 6.10 Å². The van der Waals surface area contributed by atoms with Gasteiger partial charge in [-0.05, 0) is 63.3 Å². The SMILES string of the molecule is CC1CCC(Nc2ccc(OC(C)C)cc2)C1. The van der Waals surface area contributed by atoms with Crippen molar-refractivity contribution in [3.05, 3.63) is 24.3 Å². The molecule has 1 saturated carbocycles. The van der Waals surface area contributed by atoms with Crippen LogP contribution >= 0.6 is 0 Å². The van der Waals surface area contributed by atoms with Crippen molar-refractivity contribution in [2.75, 3.05) is 5.32 Å². The van der Waals surface area contributed by atoms with Crippen LogP contribution in [-0.4, -0.2) is 12.1 Å². The van der Waals surface area contributed by atoms with Gasteiger partial charge in [0.25, 0.3) is 0 Å². The van der Waals surface area contributed by atoms with Crippen LogP contribution in [0.5, 0.6) is 5.75 Å². The molecular formula is C15H23NO. The first-order valence-corrected chi connectivity index (χ1v) is 6.66. The van der Waals surface area contributed by atoms with E-state index in [9.17, 15) is 0 Å². The molecule has 1 N–H and O–H groups in total. The van der Waals surface area contributed by atoms with Crippen molar-refractivity contribution in [2.45, 2.75) is 52.2 Å². The highest BCUT2D eigenvalue weighted by atomic mass is 16.5. The van der Waals surface area contributed by atoms with Gasteiger partial charge in [-0.1, -0.05) is 6.92 Å². The Morgan fingerprint density at radius 2 is 1.88 bits per heavy atom. The molecule has 0 bridgehead atoms. The molecule has 1 aliphatic rings. The summed E-state index contributed by atoms with van der Waals surface area (Å²) < 4.78 is 5.63. The maximum absolute atomic E-state index is 5.63. The molecule has 17 heavy (non-hydrogen) atoms. The molecular weight excluding hydrogens is 210 g/mol. The first kappa shape index (κ1) is 12.3. The standard InChI is InChI=1S/C15H23NO/c1-11(2)17-15-8-6-13(7-9-15)16-14-5-4-12(3)10-14/h6-9,11-12,14,16H,4-5,10H2,1-3H3. The van der Waals surface area contributed by atoms with Gasteiger partial charge in [0.1, 0.15) is 5.75 Å². The molecule has 2 rings (SSSR count). The second-order valence-electron chi connectivity index (χ2n) is 5.45. The number of nitrogens with one attached hydrogen (secondary N) is 1. The molecule has 1 fully saturated rings. The molecule has 0 aromatic heterocycles. The Morgan fingerprint density at radius 1 is 1.18 bits per heavy atom. The van der Waals surface area contributed by atoms with Crippen molar-refractivity contribution in [1.29, 1.82) is 0 Å². The van der Waals surface area contributed by atoms with Crippen LogP contribution in [-0.2, 0) is 0 Å². The summed E-state index contributed by atoms with van der Waals surface area (Å²) in [6, 6.07) is 8.96. The first-order chi connectivity index (χ1) is 8.13. The number of ether oxygens (including phenoxy) is 1.